The zero-order valence-electron chi connectivity index (χ0n) is 11.5. The second-order valence-electron chi connectivity index (χ2n) is 5.36. The van der Waals surface area contributed by atoms with E-state index in [0.29, 0.717) is 29.8 Å². The van der Waals surface area contributed by atoms with Crippen molar-refractivity contribution >= 4 is 21.4 Å². The first kappa shape index (κ1) is 15.0. The first-order valence-corrected chi connectivity index (χ1v) is 9.03. The maximum Gasteiger partial charge on any atom is 0.241 e. The normalized spacial score (nSPS) is 23.9. The molecule has 0 aromatic carbocycles. The third kappa shape index (κ3) is 3.37. The van der Waals surface area contributed by atoms with E-state index in [1.807, 2.05) is 6.92 Å². The molecule has 4 nitrogen and oxygen atoms in total. The smallest absolute Gasteiger partial charge is 0.241 e. The van der Waals surface area contributed by atoms with Crippen molar-refractivity contribution < 1.29 is 8.42 Å². The molecule has 19 heavy (non-hydrogen) atoms. The number of nitrogens with one attached hydrogen (secondary N) is 1. The van der Waals surface area contributed by atoms with E-state index in [0.717, 1.165) is 16.2 Å². The molecule has 1 aromatic heterocycles. The second-order valence-corrected chi connectivity index (χ2v) is 8.43. The van der Waals surface area contributed by atoms with E-state index in [-0.39, 0.29) is 0 Å². The van der Waals surface area contributed by atoms with Crippen LogP contribution in [0, 0.1) is 18.8 Å². The molecule has 108 valence electrons. The summed E-state index contributed by atoms with van der Waals surface area (Å²) in [5.74, 6) is 1.09. The molecule has 1 saturated carbocycles. The molecule has 1 fully saturated rings. The predicted octanol–water partition coefficient (Wildman–Crippen LogP) is 2.23. The van der Waals surface area contributed by atoms with E-state index in [2.05, 4.69) is 11.6 Å². The maximum absolute atomic E-state index is 12.3. The molecule has 1 heterocycles. The van der Waals surface area contributed by atoms with Crippen molar-refractivity contribution in [3.63, 3.8) is 0 Å². The lowest BCUT2D eigenvalue weighted by atomic mass is 9.99. The van der Waals surface area contributed by atoms with Crippen LogP contribution in [0.1, 0.15) is 35.9 Å². The Balaban J connectivity index is 2.07. The number of aryl methyl sites for hydroxylation is 1. The van der Waals surface area contributed by atoms with E-state index < -0.39 is 10.0 Å². The molecule has 0 bridgehead atoms. The van der Waals surface area contributed by atoms with Crippen molar-refractivity contribution in [1.82, 2.24) is 4.72 Å². The zero-order chi connectivity index (χ0) is 14.0. The van der Waals surface area contributed by atoms with Crippen molar-refractivity contribution in [2.24, 2.45) is 17.6 Å². The van der Waals surface area contributed by atoms with E-state index >= 15 is 0 Å². The molecular formula is C13H22N2O2S2. The fourth-order valence-electron chi connectivity index (χ4n) is 2.71. The van der Waals surface area contributed by atoms with Crippen molar-refractivity contribution in [2.75, 3.05) is 6.54 Å². The molecule has 6 heteroatoms. The van der Waals surface area contributed by atoms with E-state index in [9.17, 15) is 8.42 Å². The summed E-state index contributed by atoms with van der Waals surface area (Å²) in [4.78, 5) is 2.11. The fourth-order valence-corrected chi connectivity index (χ4v) is 5.32. The fraction of sp³-hybridized carbons (Fsp3) is 0.692. The number of nitrogens with two attached hydrogens (primary N) is 1. The quantitative estimate of drug-likeness (QED) is 0.876. The Hall–Kier alpha value is -0.430. The summed E-state index contributed by atoms with van der Waals surface area (Å²) in [6.07, 6.45) is 3.55. The lowest BCUT2D eigenvalue weighted by Gasteiger charge is -2.15. The monoisotopic (exact) mass is 302 g/mol. The summed E-state index contributed by atoms with van der Waals surface area (Å²) in [6.45, 7) is 4.97. The highest BCUT2D eigenvalue weighted by Crippen LogP contribution is 2.31. The molecular weight excluding hydrogens is 280 g/mol. The topological polar surface area (TPSA) is 72.2 Å². The molecule has 2 atom stereocenters. The average Bonchev–Trinajstić information content (AvgIpc) is 2.93. The Morgan fingerprint density at radius 1 is 1.47 bits per heavy atom. The van der Waals surface area contributed by atoms with Gasteiger partial charge in [0.1, 0.15) is 0 Å². The maximum atomic E-state index is 12.3. The van der Waals surface area contributed by atoms with Gasteiger partial charge in [0, 0.05) is 22.8 Å². The van der Waals surface area contributed by atoms with Crippen LogP contribution in [-0.2, 0) is 16.6 Å². The number of sulfonamides is 1. The summed E-state index contributed by atoms with van der Waals surface area (Å²) < 4.78 is 27.4. The molecule has 0 spiro atoms. The minimum atomic E-state index is -3.39. The van der Waals surface area contributed by atoms with Gasteiger partial charge in [0.25, 0.3) is 0 Å². The van der Waals surface area contributed by atoms with E-state index in [4.69, 9.17) is 5.73 Å². The van der Waals surface area contributed by atoms with Crippen LogP contribution in [0.3, 0.4) is 0 Å². The first-order chi connectivity index (χ1) is 8.94. The minimum Gasteiger partial charge on any atom is -0.326 e. The number of hydrogen-bond donors (Lipinski definition) is 2. The van der Waals surface area contributed by atoms with Gasteiger partial charge >= 0.3 is 0 Å². The van der Waals surface area contributed by atoms with Gasteiger partial charge in [-0.1, -0.05) is 19.8 Å². The summed E-state index contributed by atoms with van der Waals surface area (Å²) >= 11 is 1.46. The molecule has 2 rings (SSSR count). The lowest BCUT2D eigenvalue weighted by Crippen LogP contribution is -2.30. The van der Waals surface area contributed by atoms with Crippen molar-refractivity contribution in [2.45, 2.75) is 44.6 Å². The Morgan fingerprint density at radius 2 is 2.21 bits per heavy atom. The van der Waals surface area contributed by atoms with Gasteiger partial charge in [-0.2, -0.15) is 0 Å². The summed E-state index contributed by atoms with van der Waals surface area (Å²) in [7, 11) is -3.39. The minimum absolute atomic E-state index is 0.390. The Kier molecular flexibility index (Phi) is 4.66. The van der Waals surface area contributed by atoms with Crippen LogP contribution >= 0.6 is 11.3 Å². The largest absolute Gasteiger partial charge is 0.326 e. The van der Waals surface area contributed by atoms with Gasteiger partial charge in [-0.25, -0.2) is 13.1 Å². The van der Waals surface area contributed by atoms with Gasteiger partial charge in [0.15, 0.2) is 0 Å². The Bertz CT molecular complexity index is 537. The van der Waals surface area contributed by atoms with Crippen LogP contribution in [0.2, 0.25) is 0 Å². The number of thiophene rings is 1. The molecule has 1 aliphatic rings. The highest BCUT2D eigenvalue weighted by Gasteiger charge is 2.26. The van der Waals surface area contributed by atoms with Crippen LogP contribution in [0.4, 0.5) is 0 Å². The zero-order valence-corrected chi connectivity index (χ0v) is 13.1. The third-order valence-corrected chi connectivity index (χ3v) is 6.74. The SMILES string of the molecule is Cc1sc(CN)cc1S(=O)(=O)NCC1CCCC1C. The lowest BCUT2D eigenvalue weighted by molar-refractivity contribution is 0.414. The van der Waals surface area contributed by atoms with Crippen molar-refractivity contribution in [1.29, 1.82) is 0 Å². The van der Waals surface area contributed by atoms with Crippen LogP contribution in [0.25, 0.3) is 0 Å². The molecule has 3 N–H and O–H groups in total. The van der Waals surface area contributed by atoms with Crippen LogP contribution in [0.5, 0.6) is 0 Å². The van der Waals surface area contributed by atoms with Crippen LogP contribution < -0.4 is 10.5 Å². The summed E-state index contributed by atoms with van der Waals surface area (Å²) in [5, 5.41) is 0. The Morgan fingerprint density at radius 3 is 2.74 bits per heavy atom. The van der Waals surface area contributed by atoms with E-state index in [1.54, 1.807) is 6.07 Å². The second kappa shape index (κ2) is 5.91. The van der Waals surface area contributed by atoms with Gasteiger partial charge in [0.2, 0.25) is 10.0 Å². The van der Waals surface area contributed by atoms with E-state index in [1.165, 1.54) is 24.2 Å². The van der Waals surface area contributed by atoms with Gasteiger partial charge in [-0.3, -0.25) is 0 Å². The van der Waals surface area contributed by atoms with Gasteiger partial charge in [-0.15, -0.1) is 11.3 Å². The van der Waals surface area contributed by atoms with Gasteiger partial charge in [0.05, 0.1) is 4.90 Å². The number of rotatable bonds is 5. The molecule has 0 amide bonds. The molecule has 0 saturated heterocycles. The van der Waals surface area contributed by atoms with Gasteiger partial charge in [-0.05, 0) is 31.2 Å². The highest BCUT2D eigenvalue weighted by atomic mass is 32.2. The molecule has 1 aromatic rings. The van der Waals surface area contributed by atoms with Crippen molar-refractivity contribution in [3.05, 3.63) is 15.8 Å². The van der Waals surface area contributed by atoms with Crippen LogP contribution in [0.15, 0.2) is 11.0 Å². The molecule has 0 radical (unpaired) electrons. The summed E-state index contributed by atoms with van der Waals surface area (Å²) in [5.41, 5.74) is 5.56. The standard InChI is InChI=1S/C13H22N2O2S2/c1-9-4-3-5-11(9)8-15-19(16,17)13-6-12(7-14)18-10(13)2/h6,9,11,15H,3-5,7-8,14H2,1-2H3. The van der Waals surface area contributed by atoms with Crippen LogP contribution in [-0.4, -0.2) is 15.0 Å². The molecule has 0 aliphatic heterocycles. The highest BCUT2D eigenvalue weighted by molar-refractivity contribution is 7.89. The Labute approximate surface area is 119 Å². The third-order valence-electron chi connectivity index (χ3n) is 3.99. The summed E-state index contributed by atoms with van der Waals surface area (Å²) in [6, 6.07) is 1.69. The average molecular weight is 302 g/mol. The predicted molar refractivity (Wildman–Crippen MR) is 78.6 cm³/mol. The number of hydrogen-bond acceptors (Lipinski definition) is 4. The molecule has 1 aliphatic carbocycles. The van der Waals surface area contributed by atoms with Crippen molar-refractivity contribution in [3.8, 4) is 0 Å². The van der Waals surface area contributed by atoms with Gasteiger partial charge < -0.3 is 5.73 Å². The molecule has 2 unspecified atom stereocenters. The first-order valence-electron chi connectivity index (χ1n) is 6.73.